The first-order valence-corrected chi connectivity index (χ1v) is 12.1. The van der Waals surface area contributed by atoms with E-state index >= 15 is 0 Å². The van der Waals surface area contributed by atoms with Gasteiger partial charge in [-0.3, -0.25) is 9.11 Å². The van der Waals surface area contributed by atoms with Gasteiger partial charge in [-0.15, -0.1) is 0 Å². The third kappa shape index (κ3) is 4.93. The van der Waals surface area contributed by atoms with Crippen LogP contribution in [0.2, 0.25) is 0 Å². The molecular weight excluding hydrogens is 485 g/mol. The predicted octanol–water partition coefficient (Wildman–Crippen LogP) is 0.943. The van der Waals surface area contributed by atoms with Gasteiger partial charge in [-0.05, 0) is 23.6 Å². The second kappa shape index (κ2) is 8.31. The maximum Gasteiger partial charge on any atom is 0.315 e. The lowest BCUT2D eigenvalue weighted by molar-refractivity contribution is 0.122. The molecule has 1 fully saturated rings. The van der Waals surface area contributed by atoms with E-state index < -0.39 is 41.9 Å². The number of nitrogens with zero attached hydrogens (tertiary/aromatic N) is 4. The summed E-state index contributed by atoms with van der Waals surface area (Å²) in [6, 6.07) is 3.43. The lowest BCUT2D eigenvalue weighted by Crippen LogP contribution is -2.37. The van der Waals surface area contributed by atoms with Crippen molar-refractivity contribution in [2.24, 2.45) is 0 Å². The number of anilines is 3. The number of phenolic OH excluding ortho intramolecular Hbond substituents is 1. The zero-order valence-electron chi connectivity index (χ0n) is 16.5. The molecule has 16 heteroatoms. The third-order valence-corrected chi connectivity index (χ3v) is 6.37. The van der Waals surface area contributed by atoms with Crippen LogP contribution in [0.1, 0.15) is 0 Å². The van der Waals surface area contributed by atoms with Gasteiger partial charge in [-0.25, -0.2) is 0 Å². The minimum Gasteiger partial charge on any atom is -0.507 e. The summed E-state index contributed by atoms with van der Waals surface area (Å²) in [5, 5.41) is 12.7. The van der Waals surface area contributed by atoms with Crippen molar-refractivity contribution in [2.45, 2.75) is 9.79 Å². The number of phenols is 1. The fraction of sp³-hybridized carbons (Fsp3) is 0.235. The molecule has 176 valence electrons. The fourth-order valence-corrected chi connectivity index (χ4v) is 4.33. The van der Waals surface area contributed by atoms with E-state index in [2.05, 4.69) is 20.3 Å². The summed E-state index contributed by atoms with van der Waals surface area (Å²) in [5.41, 5.74) is -0.196. The Kier molecular flexibility index (Phi) is 5.79. The summed E-state index contributed by atoms with van der Waals surface area (Å²) in [6.45, 7) is 1.54. The van der Waals surface area contributed by atoms with Crippen LogP contribution in [0, 0.1) is 6.08 Å². The Bertz CT molecular complexity index is 1450. The molecule has 33 heavy (non-hydrogen) atoms. The SMILES string of the molecule is O=S(=O)(O)c1cc(O)c2c(Nc3nc(F)nc(N4CCOCC4)n3)cc(S(=O)(=O)O)cc2c1. The Morgan fingerprint density at radius 3 is 2.15 bits per heavy atom. The topological polar surface area (TPSA) is 192 Å². The standard InChI is InChI=1S/C17H16FN5O8S2/c18-15-20-16(22-17(21-15)23-1-3-31-4-2-23)19-12-7-10(32(25,26)27)5-9-6-11(33(28,29)30)8-13(24)14(9)12/h5-8,24H,1-4H2,(H,25,26,27)(H,28,29,30)(H,19,20,21,22). The lowest BCUT2D eigenvalue weighted by atomic mass is 10.1. The number of halogens is 1. The average Bonchev–Trinajstić information content (AvgIpc) is 2.72. The van der Waals surface area contributed by atoms with E-state index in [0.29, 0.717) is 26.3 Å². The second-order valence-corrected chi connectivity index (χ2v) is 9.76. The number of rotatable bonds is 5. The van der Waals surface area contributed by atoms with Crippen LogP contribution in [0.5, 0.6) is 5.75 Å². The maximum atomic E-state index is 14.1. The summed E-state index contributed by atoms with van der Waals surface area (Å²) in [5.74, 6) is -1.02. The van der Waals surface area contributed by atoms with Gasteiger partial charge in [0.2, 0.25) is 11.9 Å². The van der Waals surface area contributed by atoms with Crippen molar-refractivity contribution in [1.29, 1.82) is 0 Å². The van der Waals surface area contributed by atoms with Crippen LogP contribution in [0.3, 0.4) is 0 Å². The Hall–Kier alpha value is -3.18. The highest BCUT2D eigenvalue weighted by Gasteiger charge is 2.21. The number of benzene rings is 2. The number of morpholine rings is 1. The van der Waals surface area contributed by atoms with Crippen molar-refractivity contribution in [2.75, 3.05) is 36.5 Å². The van der Waals surface area contributed by atoms with Crippen LogP contribution in [-0.2, 0) is 25.0 Å². The maximum absolute atomic E-state index is 14.1. The van der Waals surface area contributed by atoms with E-state index in [0.717, 1.165) is 24.3 Å². The van der Waals surface area contributed by atoms with E-state index in [1.165, 1.54) is 0 Å². The molecule has 0 bridgehead atoms. The summed E-state index contributed by atoms with van der Waals surface area (Å²) < 4.78 is 84.6. The normalized spacial score (nSPS) is 15.1. The Morgan fingerprint density at radius 1 is 0.939 bits per heavy atom. The van der Waals surface area contributed by atoms with Crippen LogP contribution >= 0.6 is 0 Å². The number of ether oxygens (including phenoxy) is 1. The molecule has 1 aliphatic heterocycles. The quantitative estimate of drug-likeness (QED) is 0.361. The first-order chi connectivity index (χ1) is 15.4. The van der Waals surface area contributed by atoms with Gasteiger partial charge in [0.05, 0.1) is 28.7 Å². The molecule has 0 atom stereocenters. The monoisotopic (exact) mass is 501 g/mol. The van der Waals surface area contributed by atoms with Gasteiger partial charge in [0.25, 0.3) is 20.2 Å². The Balaban J connectivity index is 1.87. The molecule has 2 heterocycles. The van der Waals surface area contributed by atoms with Crippen molar-refractivity contribution >= 4 is 48.6 Å². The number of nitrogens with one attached hydrogen (secondary N) is 1. The molecule has 4 rings (SSSR count). The average molecular weight is 501 g/mol. The number of hydrogen-bond donors (Lipinski definition) is 4. The van der Waals surface area contributed by atoms with E-state index in [1.807, 2.05) is 0 Å². The van der Waals surface area contributed by atoms with E-state index in [4.69, 9.17) is 4.74 Å². The third-order valence-electron chi connectivity index (χ3n) is 4.71. The first kappa shape index (κ1) is 23.0. The van der Waals surface area contributed by atoms with Crippen LogP contribution < -0.4 is 10.2 Å². The highest BCUT2D eigenvalue weighted by atomic mass is 32.2. The predicted molar refractivity (Wildman–Crippen MR) is 111 cm³/mol. The van der Waals surface area contributed by atoms with E-state index in [1.54, 1.807) is 4.90 Å². The number of aromatic nitrogens is 3. The van der Waals surface area contributed by atoms with Gasteiger partial charge in [0, 0.05) is 24.5 Å². The summed E-state index contributed by atoms with van der Waals surface area (Å²) >= 11 is 0. The first-order valence-electron chi connectivity index (χ1n) is 9.19. The van der Waals surface area contributed by atoms with Gasteiger partial charge in [-0.2, -0.15) is 36.2 Å². The summed E-state index contributed by atoms with van der Waals surface area (Å²) in [6.07, 6.45) is -1.14. The van der Waals surface area contributed by atoms with Gasteiger partial charge in [0.15, 0.2) is 0 Å². The highest BCUT2D eigenvalue weighted by Crippen LogP contribution is 2.37. The van der Waals surface area contributed by atoms with Crippen LogP contribution in [0.25, 0.3) is 10.8 Å². The molecule has 0 radical (unpaired) electrons. The molecule has 4 N–H and O–H groups in total. The van der Waals surface area contributed by atoms with Crippen LogP contribution in [-0.4, -0.2) is 72.3 Å². The number of fused-ring (bicyclic) bond motifs is 1. The van der Waals surface area contributed by atoms with Crippen molar-refractivity contribution in [3.8, 4) is 5.75 Å². The van der Waals surface area contributed by atoms with Gasteiger partial charge in [0.1, 0.15) is 5.75 Å². The molecule has 2 aromatic carbocycles. The molecule has 0 amide bonds. The molecule has 1 aliphatic rings. The number of hydrogen-bond acceptors (Lipinski definition) is 11. The second-order valence-electron chi connectivity index (χ2n) is 6.91. The minimum atomic E-state index is -4.79. The summed E-state index contributed by atoms with van der Waals surface area (Å²) in [7, 11) is -9.54. The molecule has 13 nitrogen and oxygen atoms in total. The largest absolute Gasteiger partial charge is 0.507 e. The molecule has 0 unspecified atom stereocenters. The molecule has 0 saturated carbocycles. The molecule has 1 saturated heterocycles. The molecular formula is C17H16FN5O8S2. The highest BCUT2D eigenvalue weighted by molar-refractivity contribution is 7.86. The van der Waals surface area contributed by atoms with Crippen molar-refractivity contribution in [3.63, 3.8) is 0 Å². The van der Waals surface area contributed by atoms with Gasteiger partial charge in [-0.1, -0.05) is 0 Å². The summed E-state index contributed by atoms with van der Waals surface area (Å²) in [4.78, 5) is 11.5. The van der Waals surface area contributed by atoms with Crippen molar-refractivity contribution < 1.29 is 40.2 Å². The smallest absolute Gasteiger partial charge is 0.315 e. The Labute approximate surface area is 186 Å². The Morgan fingerprint density at radius 2 is 1.55 bits per heavy atom. The van der Waals surface area contributed by atoms with Crippen molar-refractivity contribution in [3.05, 3.63) is 30.3 Å². The van der Waals surface area contributed by atoms with Crippen molar-refractivity contribution in [1.82, 2.24) is 15.0 Å². The van der Waals surface area contributed by atoms with Gasteiger partial charge < -0.3 is 20.1 Å². The van der Waals surface area contributed by atoms with E-state index in [9.17, 15) is 35.4 Å². The number of aromatic hydroxyl groups is 1. The molecule has 0 aliphatic carbocycles. The minimum absolute atomic E-state index is 0.0126. The van der Waals surface area contributed by atoms with E-state index in [-0.39, 0.29) is 28.4 Å². The zero-order chi connectivity index (χ0) is 24.0. The zero-order valence-corrected chi connectivity index (χ0v) is 18.1. The molecule has 0 spiro atoms. The fourth-order valence-electron chi connectivity index (χ4n) is 3.26. The van der Waals surface area contributed by atoms with Gasteiger partial charge >= 0.3 is 6.08 Å². The molecule has 3 aromatic rings. The van der Waals surface area contributed by atoms with Crippen LogP contribution in [0.15, 0.2) is 34.1 Å². The lowest BCUT2D eigenvalue weighted by Gasteiger charge is -2.26. The molecule has 1 aromatic heterocycles. The van der Waals surface area contributed by atoms with Crippen LogP contribution in [0.4, 0.5) is 22.0 Å².